The Bertz CT molecular complexity index is 474. The number of primary amides is 1. The molecular weight excluding hydrogens is 248 g/mol. The van der Waals surface area contributed by atoms with Crippen molar-refractivity contribution in [2.45, 2.75) is 19.3 Å². The zero-order valence-corrected chi connectivity index (χ0v) is 10.5. The summed E-state index contributed by atoms with van der Waals surface area (Å²) in [5, 5.41) is 16.5. The molecule has 7 nitrogen and oxygen atoms in total. The third-order valence-electron chi connectivity index (χ3n) is 3.21. The third-order valence-corrected chi connectivity index (χ3v) is 3.21. The van der Waals surface area contributed by atoms with E-state index in [0.717, 1.165) is 19.4 Å². The van der Waals surface area contributed by atoms with E-state index < -0.39 is 11.9 Å². The van der Waals surface area contributed by atoms with Crippen LogP contribution in [-0.2, 0) is 4.79 Å². The number of carbonyl (C=O) groups is 2. The highest BCUT2D eigenvalue weighted by Crippen LogP contribution is 2.23. The molecule has 1 aliphatic rings. The summed E-state index contributed by atoms with van der Waals surface area (Å²) in [6.45, 7) is 1.47. The van der Waals surface area contributed by atoms with Crippen molar-refractivity contribution in [1.29, 1.82) is 0 Å². The normalized spacial score (nSPS) is 19.2. The lowest BCUT2D eigenvalue weighted by Gasteiger charge is -2.32. The number of rotatable bonds is 4. The van der Waals surface area contributed by atoms with Crippen LogP contribution in [0, 0.1) is 5.92 Å². The number of piperidine rings is 1. The highest BCUT2D eigenvalue weighted by Gasteiger charge is 2.23. The first-order valence-corrected chi connectivity index (χ1v) is 6.16. The molecule has 1 atom stereocenters. The van der Waals surface area contributed by atoms with E-state index in [9.17, 15) is 9.59 Å². The SMILES string of the molecule is NC(=O)c1ccc(N2CCCC(CC(=O)O)C2)nn1. The molecular formula is C12H16N4O3. The van der Waals surface area contributed by atoms with Crippen LogP contribution in [0.5, 0.6) is 0 Å². The molecule has 1 fully saturated rings. The van der Waals surface area contributed by atoms with Gasteiger partial charge in [-0.25, -0.2) is 0 Å². The standard InChI is InChI=1S/C12H16N4O3/c13-12(19)9-3-4-10(15-14-9)16-5-1-2-8(7-16)6-11(17)18/h3-4,8H,1-2,5-7H2,(H2,13,19)(H,17,18). The number of aliphatic carboxylic acids is 1. The Hall–Kier alpha value is -2.18. The van der Waals surface area contributed by atoms with Gasteiger partial charge >= 0.3 is 5.97 Å². The first-order chi connectivity index (χ1) is 9.06. The molecule has 2 heterocycles. The predicted molar refractivity (Wildman–Crippen MR) is 67.7 cm³/mol. The Kier molecular flexibility index (Phi) is 3.94. The molecule has 1 aromatic heterocycles. The van der Waals surface area contributed by atoms with Gasteiger partial charge in [-0.15, -0.1) is 10.2 Å². The molecule has 7 heteroatoms. The second-order valence-corrected chi connectivity index (χ2v) is 4.69. The van der Waals surface area contributed by atoms with Gasteiger partial charge in [-0.3, -0.25) is 9.59 Å². The molecule has 1 aromatic rings. The summed E-state index contributed by atoms with van der Waals surface area (Å²) in [7, 11) is 0. The maximum Gasteiger partial charge on any atom is 0.303 e. The maximum absolute atomic E-state index is 10.9. The van der Waals surface area contributed by atoms with Gasteiger partial charge in [-0.05, 0) is 30.9 Å². The van der Waals surface area contributed by atoms with Crippen LogP contribution >= 0.6 is 0 Å². The molecule has 0 bridgehead atoms. The third kappa shape index (κ3) is 3.40. The van der Waals surface area contributed by atoms with Crippen molar-refractivity contribution < 1.29 is 14.7 Å². The predicted octanol–water partition coefficient (Wildman–Crippen LogP) is 0.267. The first-order valence-electron chi connectivity index (χ1n) is 6.16. The molecule has 1 saturated heterocycles. The number of carboxylic acids is 1. The van der Waals surface area contributed by atoms with Crippen molar-refractivity contribution in [1.82, 2.24) is 10.2 Å². The van der Waals surface area contributed by atoms with Gasteiger partial charge in [0.15, 0.2) is 11.5 Å². The number of hydrogen-bond acceptors (Lipinski definition) is 5. The Morgan fingerprint density at radius 1 is 1.42 bits per heavy atom. The fourth-order valence-corrected chi connectivity index (χ4v) is 2.31. The summed E-state index contributed by atoms with van der Waals surface area (Å²) in [6.07, 6.45) is 2.01. The number of carbonyl (C=O) groups excluding carboxylic acids is 1. The van der Waals surface area contributed by atoms with E-state index in [1.807, 2.05) is 4.90 Å². The molecule has 0 radical (unpaired) electrons. The van der Waals surface area contributed by atoms with Crippen molar-refractivity contribution in [3.63, 3.8) is 0 Å². The van der Waals surface area contributed by atoms with Crippen LogP contribution in [0.1, 0.15) is 29.8 Å². The van der Waals surface area contributed by atoms with Crippen LogP contribution in [0.3, 0.4) is 0 Å². The number of hydrogen-bond donors (Lipinski definition) is 2. The zero-order chi connectivity index (χ0) is 13.8. The van der Waals surface area contributed by atoms with Crippen LogP contribution in [0.25, 0.3) is 0 Å². The summed E-state index contributed by atoms with van der Waals surface area (Å²) in [5.74, 6) is -0.604. The van der Waals surface area contributed by atoms with Crippen molar-refractivity contribution >= 4 is 17.7 Å². The number of anilines is 1. The van der Waals surface area contributed by atoms with Crippen LogP contribution in [0.15, 0.2) is 12.1 Å². The van der Waals surface area contributed by atoms with Crippen molar-refractivity contribution in [2.75, 3.05) is 18.0 Å². The molecule has 102 valence electrons. The average Bonchev–Trinajstić information content (AvgIpc) is 2.38. The van der Waals surface area contributed by atoms with Crippen molar-refractivity contribution in [3.05, 3.63) is 17.8 Å². The zero-order valence-electron chi connectivity index (χ0n) is 10.5. The van der Waals surface area contributed by atoms with Gasteiger partial charge < -0.3 is 15.7 Å². The second-order valence-electron chi connectivity index (χ2n) is 4.69. The van der Waals surface area contributed by atoms with Gasteiger partial charge in [0.2, 0.25) is 0 Å². The van der Waals surface area contributed by atoms with Gasteiger partial charge in [-0.2, -0.15) is 0 Å². The minimum Gasteiger partial charge on any atom is -0.481 e. The lowest BCUT2D eigenvalue weighted by molar-refractivity contribution is -0.138. The summed E-state index contributed by atoms with van der Waals surface area (Å²) in [5.41, 5.74) is 5.23. The average molecular weight is 264 g/mol. The summed E-state index contributed by atoms with van der Waals surface area (Å²) < 4.78 is 0. The van der Waals surface area contributed by atoms with Gasteiger partial charge in [0, 0.05) is 19.5 Å². The molecule has 2 rings (SSSR count). The van der Waals surface area contributed by atoms with E-state index in [2.05, 4.69) is 10.2 Å². The van der Waals surface area contributed by atoms with Crippen LogP contribution in [0.2, 0.25) is 0 Å². The highest BCUT2D eigenvalue weighted by atomic mass is 16.4. The number of carboxylic acid groups (broad SMARTS) is 1. The molecule has 0 aromatic carbocycles. The summed E-state index contributed by atoms with van der Waals surface area (Å²) in [6, 6.07) is 3.22. The Balaban J connectivity index is 2.04. The fraction of sp³-hybridized carbons (Fsp3) is 0.500. The largest absolute Gasteiger partial charge is 0.481 e. The number of amides is 1. The minimum atomic E-state index is -0.776. The number of aromatic nitrogens is 2. The van der Waals surface area contributed by atoms with Gasteiger partial charge in [0.05, 0.1) is 0 Å². The second kappa shape index (κ2) is 5.64. The van der Waals surface area contributed by atoms with E-state index in [-0.39, 0.29) is 18.0 Å². The van der Waals surface area contributed by atoms with E-state index >= 15 is 0 Å². The monoisotopic (exact) mass is 264 g/mol. The van der Waals surface area contributed by atoms with E-state index in [0.29, 0.717) is 12.4 Å². The van der Waals surface area contributed by atoms with Crippen LogP contribution in [0.4, 0.5) is 5.82 Å². The lowest BCUT2D eigenvalue weighted by Crippen LogP contribution is -2.37. The van der Waals surface area contributed by atoms with Gasteiger partial charge in [0.1, 0.15) is 0 Å². The molecule has 0 saturated carbocycles. The number of nitrogens with two attached hydrogens (primary N) is 1. The smallest absolute Gasteiger partial charge is 0.303 e. The molecule has 0 spiro atoms. The maximum atomic E-state index is 10.9. The molecule has 3 N–H and O–H groups in total. The molecule has 1 aliphatic heterocycles. The van der Waals surface area contributed by atoms with Crippen LogP contribution < -0.4 is 10.6 Å². The summed E-state index contributed by atoms with van der Waals surface area (Å²) in [4.78, 5) is 23.6. The molecule has 0 aliphatic carbocycles. The number of nitrogens with zero attached hydrogens (tertiary/aromatic N) is 3. The van der Waals surface area contributed by atoms with Gasteiger partial charge in [0.25, 0.3) is 5.91 Å². The van der Waals surface area contributed by atoms with E-state index in [1.54, 1.807) is 6.07 Å². The summed E-state index contributed by atoms with van der Waals surface area (Å²) >= 11 is 0. The highest BCUT2D eigenvalue weighted by molar-refractivity contribution is 5.90. The molecule has 1 amide bonds. The van der Waals surface area contributed by atoms with E-state index in [4.69, 9.17) is 10.8 Å². The van der Waals surface area contributed by atoms with Crippen molar-refractivity contribution in [3.8, 4) is 0 Å². The lowest BCUT2D eigenvalue weighted by atomic mass is 9.95. The topological polar surface area (TPSA) is 109 Å². The quantitative estimate of drug-likeness (QED) is 0.807. The van der Waals surface area contributed by atoms with Gasteiger partial charge in [-0.1, -0.05) is 0 Å². The Morgan fingerprint density at radius 2 is 2.21 bits per heavy atom. The molecule has 1 unspecified atom stereocenters. The molecule has 19 heavy (non-hydrogen) atoms. The first kappa shape index (κ1) is 13.3. The minimum absolute atomic E-state index is 0.128. The Labute approximate surface area is 110 Å². The van der Waals surface area contributed by atoms with Crippen molar-refractivity contribution in [2.24, 2.45) is 11.7 Å². The fourth-order valence-electron chi connectivity index (χ4n) is 2.31. The Morgan fingerprint density at radius 3 is 2.79 bits per heavy atom. The van der Waals surface area contributed by atoms with E-state index in [1.165, 1.54) is 6.07 Å². The van der Waals surface area contributed by atoms with Crippen LogP contribution in [-0.4, -0.2) is 40.3 Å².